The van der Waals surface area contributed by atoms with Gasteiger partial charge in [0.15, 0.2) is 0 Å². The van der Waals surface area contributed by atoms with Crippen LogP contribution in [0.5, 0.6) is 5.88 Å². The molecule has 0 atom stereocenters. The highest BCUT2D eigenvalue weighted by molar-refractivity contribution is 6.30. The summed E-state index contributed by atoms with van der Waals surface area (Å²) >= 11 is 6.03. The maximum Gasteiger partial charge on any atom is 0.212 e. The van der Waals surface area contributed by atoms with E-state index in [0.29, 0.717) is 17.6 Å². The van der Waals surface area contributed by atoms with Crippen LogP contribution in [0.3, 0.4) is 0 Å². The first-order valence-electron chi connectivity index (χ1n) is 5.96. The molecule has 2 rings (SSSR count). The standard InChI is InChI=1S/C13H15ClN4O/c1-3-10-12(14)17-8-18-13(10)16-7-9-4-5-11(19-2)15-6-9/h4-6,8H,3,7H2,1-2H3,(H,16,17,18). The number of pyridine rings is 1. The maximum atomic E-state index is 6.03. The number of nitrogens with zero attached hydrogens (tertiary/aromatic N) is 3. The summed E-state index contributed by atoms with van der Waals surface area (Å²) in [5.41, 5.74) is 1.96. The molecular weight excluding hydrogens is 264 g/mol. The molecule has 0 aliphatic carbocycles. The third kappa shape index (κ3) is 3.32. The third-order valence-electron chi connectivity index (χ3n) is 2.71. The highest BCUT2D eigenvalue weighted by Crippen LogP contribution is 2.20. The molecule has 100 valence electrons. The van der Waals surface area contributed by atoms with E-state index < -0.39 is 0 Å². The Labute approximate surface area is 117 Å². The smallest absolute Gasteiger partial charge is 0.212 e. The van der Waals surface area contributed by atoms with Crippen LogP contribution in [0, 0.1) is 0 Å². The zero-order chi connectivity index (χ0) is 13.7. The summed E-state index contributed by atoms with van der Waals surface area (Å²) in [5, 5.41) is 3.74. The summed E-state index contributed by atoms with van der Waals surface area (Å²) in [5.74, 6) is 1.36. The van der Waals surface area contributed by atoms with Gasteiger partial charge in [0.2, 0.25) is 5.88 Å². The number of anilines is 1. The quantitative estimate of drug-likeness (QED) is 0.852. The van der Waals surface area contributed by atoms with E-state index in [9.17, 15) is 0 Å². The van der Waals surface area contributed by atoms with E-state index in [4.69, 9.17) is 16.3 Å². The van der Waals surface area contributed by atoms with Crippen LogP contribution >= 0.6 is 11.6 Å². The highest BCUT2D eigenvalue weighted by Gasteiger charge is 2.07. The van der Waals surface area contributed by atoms with Gasteiger partial charge in [-0.3, -0.25) is 0 Å². The van der Waals surface area contributed by atoms with E-state index in [1.165, 1.54) is 6.33 Å². The molecule has 0 bridgehead atoms. The first kappa shape index (κ1) is 13.5. The van der Waals surface area contributed by atoms with Crippen molar-refractivity contribution < 1.29 is 4.74 Å². The van der Waals surface area contributed by atoms with Gasteiger partial charge in [-0.25, -0.2) is 15.0 Å². The fraction of sp³-hybridized carbons (Fsp3) is 0.308. The topological polar surface area (TPSA) is 59.9 Å². The Morgan fingerprint density at radius 1 is 1.26 bits per heavy atom. The molecule has 0 aliphatic rings. The lowest BCUT2D eigenvalue weighted by molar-refractivity contribution is 0.397. The van der Waals surface area contributed by atoms with Crippen LogP contribution in [0.2, 0.25) is 5.15 Å². The van der Waals surface area contributed by atoms with Crippen molar-refractivity contribution in [3.05, 3.63) is 40.9 Å². The number of rotatable bonds is 5. The van der Waals surface area contributed by atoms with Gasteiger partial charge in [0, 0.05) is 24.4 Å². The first-order chi connectivity index (χ1) is 9.24. The van der Waals surface area contributed by atoms with Crippen molar-refractivity contribution in [2.24, 2.45) is 0 Å². The number of halogens is 1. The van der Waals surface area contributed by atoms with Gasteiger partial charge in [-0.05, 0) is 12.0 Å². The zero-order valence-electron chi connectivity index (χ0n) is 10.9. The number of ether oxygens (including phenoxy) is 1. The Morgan fingerprint density at radius 3 is 2.74 bits per heavy atom. The summed E-state index contributed by atoms with van der Waals surface area (Å²) in [6, 6.07) is 3.78. The first-order valence-corrected chi connectivity index (χ1v) is 6.34. The molecule has 2 aromatic heterocycles. The largest absolute Gasteiger partial charge is 0.481 e. The third-order valence-corrected chi connectivity index (χ3v) is 3.04. The predicted molar refractivity (Wildman–Crippen MR) is 74.5 cm³/mol. The Kier molecular flexibility index (Phi) is 4.52. The molecule has 0 saturated carbocycles. The normalized spacial score (nSPS) is 10.3. The Balaban J connectivity index is 2.07. The average molecular weight is 279 g/mol. The average Bonchev–Trinajstić information content (AvgIpc) is 2.45. The van der Waals surface area contributed by atoms with Crippen LogP contribution in [0.4, 0.5) is 5.82 Å². The molecule has 0 saturated heterocycles. The molecule has 1 N–H and O–H groups in total. The van der Waals surface area contributed by atoms with Crippen LogP contribution in [0.1, 0.15) is 18.1 Å². The van der Waals surface area contributed by atoms with Crippen molar-refractivity contribution in [2.75, 3.05) is 12.4 Å². The van der Waals surface area contributed by atoms with E-state index in [2.05, 4.69) is 20.3 Å². The number of methoxy groups -OCH3 is 1. The number of hydrogen-bond acceptors (Lipinski definition) is 5. The van der Waals surface area contributed by atoms with Crippen LogP contribution < -0.4 is 10.1 Å². The van der Waals surface area contributed by atoms with Crippen LogP contribution in [-0.4, -0.2) is 22.1 Å². The lowest BCUT2D eigenvalue weighted by atomic mass is 10.2. The van der Waals surface area contributed by atoms with Crippen molar-refractivity contribution in [1.82, 2.24) is 15.0 Å². The Bertz CT molecular complexity index is 545. The predicted octanol–water partition coefficient (Wildman–Crippen LogP) is 2.71. The molecule has 5 nitrogen and oxygen atoms in total. The zero-order valence-corrected chi connectivity index (χ0v) is 11.6. The molecule has 0 unspecified atom stereocenters. The van der Waals surface area contributed by atoms with Crippen LogP contribution in [0.25, 0.3) is 0 Å². The van der Waals surface area contributed by atoms with Gasteiger partial charge in [-0.1, -0.05) is 24.6 Å². The molecule has 0 fully saturated rings. The van der Waals surface area contributed by atoms with Crippen LogP contribution in [0.15, 0.2) is 24.7 Å². The molecule has 0 amide bonds. The Morgan fingerprint density at radius 2 is 2.11 bits per heavy atom. The van der Waals surface area contributed by atoms with Crippen molar-refractivity contribution in [2.45, 2.75) is 19.9 Å². The van der Waals surface area contributed by atoms with Gasteiger partial charge >= 0.3 is 0 Å². The minimum atomic E-state index is 0.493. The molecule has 0 radical (unpaired) electrons. The summed E-state index contributed by atoms with van der Waals surface area (Å²) in [6.07, 6.45) is 4.00. The number of hydrogen-bond donors (Lipinski definition) is 1. The van der Waals surface area contributed by atoms with Gasteiger partial charge in [-0.15, -0.1) is 0 Å². The van der Waals surface area contributed by atoms with Crippen molar-refractivity contribution >= 4 is 17.4 Å². The summed E-state index contributed by atoms with van der Waals surface area (Å²) in [4.78, 5) is 12.3. The van der Waals surface area contributed by atoms with Gasteiger partial charge in [0.25, 0.3) is 0 Å². The fourth-order valence-corrected chi connectivity index (χ4v) is 1.95. The minimum Gasteiger partial charge on any atom is -0.481 e. The second-order valence-electron chi connectivity index (χ2n) is 3.91. The molecule has 19 heavy (non-hydrogen) atoms. The maximum absolute atomic E-state index is 6.03. The summed E-state index contributed by atoms with van der Waals surface area (Å²) in [6.45, 7) is 2.64. The molecule has 2 aromatic rings. The molecular formula is C13H15ClN4O. The second-order valence-corrected chi connectivity index (χ2v) is 4.27. The SMILES string of the molecule is CCc1c(Cl)ncnc1NCc1ccc(OC)nc1. The Hall–Kier alpha value is -1.88. The van der Waals surface area contributed by atoms with Crippen molar-refractivity contribution in [3.8, 4) is 5.88 Å². The van der Waals surface area contributed by atoms with E-state index >= 15 is 0 Å². The van der Waals surface area contributed by atoms with Crippen LogP contribution in [-0.2, 0) is 13.0 Å². The number of nitrogens with one attached hydrogen (secondary N) is 1. The highest BCUT2D eigenvalue weighted by atomic mass is 35.5. The number of aromatic nitrogens is 3. The van der Waals surface area contributed by atoms with Crippen molar-refractivity contribution in [3.63, 3.8) is 0 Å². The van der Waals surface area contributed by atoms with E-state index in [0.717, 1.165) is 23.4 Å². The molecule has 0 aliphatic heterocycles. The molecule has 0 aromatic carbocycles. The van der Waals surface area contributed by atoms with E-state index in [-0.39, 0.29) is 0 Å². The lowest BCUT2D eigenvalue weighted by Crippen LogP contribution is -2.06. The van der Waals surface area contributed by atoms with Gasteiger partial charge in [-0.2, -0.15) is 0 Å². The lowest BCUT2D eigenvalue weighted by Gasteiger charge is -2.10. The summed E-state index contributed by atoms with van der Waals surface area (Å²) < 4.78 is 5.01. The van der Waals surface area contributed by atoms with Gasteiger partial charge in [0.1, 0.15) is 17.3 Å². The van der Waals surface area contributed by atoms with Crippen molar-refractivity contribution in [1.29, 1.82) is 0 Å². The minimum absolute atomic E-state index is 0.493. The molecule has 2 heterocycles. The molecule has 6 heteroatoms. The van der Waals surface area contributed by atoms with E-state index in [1.54, 1.807) is 13.3 Å². The van der Waals surface area contributed by atoms with Gasteiger partial charge < -0.3 is 10.1 Å². The monoisotopic (exact) mass is 278 g/mol. The second kappa shape index (κ2) is 6.33. The van der Waals surface area contributed by atoms with Gasteiger partial charge in [0.05, 0.1) is 7.11 Å². The van der Waals surface area contributed by atoms with E-state index in [1.807, 2.05) is 19.1 Å². The molecule has 0 spiro atoms. The fourth-order valence-electron chi connectivity index (χ4n) is 1.68. The summed E-state index contributed by atoms with van der Waals surface area (Å²) in [7, 11) is 1.59.